The van der Waals surface area contributed by atoms with Gasteiger partial charge in [-0.05, 0) is 31.9 Å². The first kappa shape index (κ1) is 20.6. The predicted molar refractivity (Wildman–Crippen MR) is 62.2 cm³/mol. The van der Waals surface area contributed by atoms with Crippen LogP contribution in [0.1, 0.15) is 16.7 Å². The number of anilines is 1. The number of nitrogens with zero attached hydrogens (tertiary/aromatic N) is 1. The van der Waals surface area contributed by atoms with Crippen LogP contribution in [0.4, 0.5) is 5.69 Å². The molecule has 0 aliphatic heterocycles. The van der Waals surface area contributed by atoms with Gasteiger partial charge >= 0.3 is 19.5 Å². The van der Waals surface area contributed by atoms with Crippen LogP contribution in [-0.4, -0.2) is 14.1 Å². The van der Waals surface area contributed by atoms with Gasteiger partial charge in [-0.3, -0.25) is 0 Å². The molecule has 0 heterocycles. The second kappa shape index (κ2) is 8.38. The molecular formula is C11H18Cl2NZn+. The van der Waals surface area contributed by atoms with E-state index in [1.54, 1.807) is 0 Å². The molecule has 0 unspecified atom stereocenters. The van der Waals surface area contributed by atoms with Crippen LogP contribution < -0.4 is 17.3 Å². The Hall–Kier alpha value is 0.223. The first-order chi connectivity index (χ1) is 5.52. The van der Waals surface area contributed by atoms with E-state index in [4.69, 9.17) is 0 Å². The fourth-order valence-corrected chi connectivity index (χ4v) is 1.88. The molecule has 15 heavy (non-hydrogen) atoms. The van der Waals surface area contributed by atoms with E-state index in [2.05, 4.69) is 51.9 Å². The van der Waals surface area contributed by atoms with Crippen LogP contribution in [0.15, 0.2) is 12.1 Å². The summed E-state index contributed by atoms with van der Waals surface area (Å²) in [6.45, 7) is 6.46. The zero-order chi connectivity index (χ0) is 9.30. The standard InChI is InChI=1S/C11H17N.2ClH.Zn/c1-8-6-9(2)11(12(4)5)10(3)7-8;;;/h6-7H,1-5H3;2*1H;/q;;;+2/p-1. The summed E-state index contributed by atoms with van der Waals surface area (Å²) in [7, 11) is 4.18. The summed E-state index contributed by atoms with van der Waals surface area (Å²) in [4.78, 5) is 2.17. The minimum Gasteiger partial charge on any atom is -1.00 e. The van der Waals surface area contributed by atoms with Crippen LogP contribution in [0.25, 0.3) is 0 Å². The third-order valence-corrected chi connectivity index (χ3v) is 2.08. The Balaban J connectivity index is -0.000000480. The molecule has 1 aromatic rings. The third-order valence-electron chi connectivity index (χ3n) is 2.08. The van der Waals surface area contributed by atoms with Crippen LogP contribution in [-0.2, 0) is 19.5 Å². The molecule has 0 aliphatic carbocycles. The molecule has 0 aliphatic rings. The van der Waals surface area contributed by atoms with Gasteiger partial charge in [0.1, 0.15) is 0 Å². The van der Waals surface area contributed by atoms with E-state index in [9.17, 15) is 0 Å². The van der Waals surface area contributed by atoms with E-state index >= 15 is 0 Å². The number of aryl methyl sites for hydroxylation is 3. The van der Waals surface area contributed by atoms with Gasteiger partial charge in [0, 0.05) is 19.8 Å². The zero-order valence-electron chi connectivity index (χ0n) is 10.1. The van der Waals surface area contributed by atoms with E-state index in [1.165, 1.54) is 22.4 Å². The van der Waals surface area contributed by atoms with Gasteiger partial charge in [0.25, 0.3) is 0 Å². The number of hydrogen-bond acceptors (Lipinski definition) is 1. The van der Waals surface area contributed by atoms with Crippen LogP contribution in [0.2, 0.25) is 0 Å². The topological polar surface area (TPSA) is 3.24 Å². The minimum atomic E-state index is 0. The van der Waals surface area contributed by atoms with E-state index in [0.717, 1.165) is 0 Å². The van der Waals surface area contributed by atoms with Crippen LogP contribution in [0.3, 0.4) is 0 Å². The Morgan fingerprint density at radius 1 is 0.933 bits per heavy atom. The largest absolute Gasteiger partial charge is 2.00 e. The van der Waals surface area contributed by atoms with Crippen molar-refractivity contribution in [2.45, 2.75) is 20.8 Å². The Morgan fingerprint density at radius 2 is 1.27 bits per heavy atom. The maximum Gasteiger partial charge on any atom is 2.00 e. The Labute approximate surface area is 118 Å². The van der Waals surface area contributed by atoms with Crippen molar-refractivity contribution < 1.29 is 31.9 Å². The van der Waals surface area contributed by atoms with Crippen LogP contribution in [0, 0.1) is 20.8 Å². The Morgan fingerprint density at radius 3 is 1.53 bits per heavy atom. The molecule has 1 nitrogen and oxygen atoms in total. The molecule has 0 aromatic heterocycles. The summed E-state index contributed by atoms with van der Waals surface area (Å²) in [6.07, 6.45) is 0. The molecule has 1 rings (SSSR count). The smallest absolute Gasteiger partial charge is 1.00 e. The van der Waals surface area contributed by atoms with E-state index in [0.29, 0.717) is 0 Å². The van der Waals surface area contributed by atoms with E-state index in [-0.39, 0.29) is 44.3 Å². The molecule has 0 spiro atoms. The summed E-state index contributed by atoms with van der Waals surface area (Å²) in [5.74, 6) is 0. The molecular weight excluding hydrogens is 282 g/mol. The molecule has 0 N–H and O–H groups in total. The van der Waals surface area contributed by atoms with Gasteiger partial charge in [0.2, 0.25) is 0 Å². The molecule has 4 heteroatoms. The van der Waals surface area contributed by atoms with Crippen molar-refractivity contribution in [2.24, 2.45) is 0 Å². The second-order valence-corrected chi connectivity index (χ2v) is 3.64. The Bertz CT molecular complexity index is 278. The summed E-state index contributed by atoms with van der Waals surface area (Å²) in [5.41, 5.74) is 5.41. The van der Waals surface area contributed by atoms with E-state index in [1.807, 2.05) is 0 Å². The average molecular weight is 301 g/mol. The van der Waals surface area contributed by atoms with Crippen molar-refractivity contribution >= 4 is 18.1 Å². The monoisotopic (exact) mass is 298 g/mol. The van der Waals surface area contributed by atoms with Gasteiger partial charge in [0.15, 0.2) is 0 Å². The van der Waals surface area contributed by atoms with E-state index < -0.39 is 0 Å². The molecule has 0 fully saturated rings. The molecule has 0 saturated heterocycles. The fourth-order valence-electron chi connectivity index (χ4n) is 1.88. The SMILES string of the molecule is Cc1cc(C)c(N(C)C)c(C)c1.Cl.[Cl-].[Zn+2]. The minimum absolute atomic E-state index is 0. The average Bonchev–Trinajstić information content (AvgIpc) is 1.82. The van der Waals surface area contributed by atoms with Crippen molar-refractivity contribution in [3.05, 3.63) is 28.8 Å². The van der Waals surface area contributed by atoms with Gasteiger partial charge in [0.05, 0.1) is 0 Å². The maximum absolute atomic E-state index is 2.22. The maximum atomic E-state index is 2.22. The molecule has 0 radical (unpaired) electrons. The molecule has 1 aromatic carbocycles. The molecule has 82 valence electrons. The summed E-state index contributed by atoms with van der Waals surface area (Å²) in [5, 5.41) is 0. The number of hydrogen-bond donors (Lipinski definition) is 0. The first-order valence-corrected chi connectivity index (χ1v) is 4.27. The van der Waals surface area contributed by atoms with Crippen LogP contribution >= 0.6 is 12.4 Å². The van der Waals surface area contributed by atoms with Gasteiger partial charge in [-0.15, -0.1) is 12.4 Å². The van der Waals surface area contributed by atoms with Crippen molar-refractivity contribution in [3.8, 4) is 0 Å². The number of benzene rings is 1. The van der Waals surface area contributed by atoms with Gasteiger partial charge in [-0.1, -0.05) is 17.7 Å². The van der Waals surface area contributed by atoms with Crippen molar-refractivity contribution in [3.63, 3.8) is 0 Å². The van der Waals surface area contributed by atoms with Crippen molar-refractivity contribution in [2.75, 3.05) is 19.0 Å². The molecule has 0 amide bonds. The van der Waals surface area contributed by atoms with Gasteiger partial charge in [-0.2, -0.15) is 0 Å². The summed E-state index contributed by atoms with van der Waals surface area (Å²) < 4.78 is 0. The number of halogens is 2. The fraction of sp³-hybridized carbons (Fsp3) is 0.455. The number of rotatable bonds is 1. The third kappa shape index (κ3) is 5.20. The van der Waals surface area contributed by atoms with Gasteiger partial charge in [-0.25, -0.2) is 0 Å². The molecule has 0 atom stereocenters. The van der Waals surface area contributed by atoms with Crippen LogP contribution in [0.5, 0.6) is 0 Å². The summed E-state index contributed by atoms with van der Waals surface area (Å²) in [6, 6.07) is 4.45. The molecule has 0 saturated carbocycles. The second-order valence-electron chi connectivity index (χ2n) is 3.64. The van der Waals surface area contributed by atoms with Crippen molar-refractivity contribution in [1.82, 2.24) is 0 Å². The first-order valence-electron chi connectivity index (χ1n) is 4.27. The zero-order valence-corrected chi connectivity index (χ0v) is 14.6. The molecule has 0 bridgehead atoms. The van der Waals surface area contributed by atoms with Gasteiger partial charge < -0.3 is 17.3 Å². The predicted octanol–water partition coefficient (Wildman–Crippen LogP) is 0.101. The normalized spacial score (nSPS) is 8.07. The quantitative estimate of drug-likeness (QED) is 0.665. The summed E-state index contributed by atoms with van der Waals surface area (Å²) >= 11 is 0. The Kier molecular flexibility index (Phi) is 11.5. The van der Waals surface area contributed by atoms with Crippen molar-refractivity contribution in [1.29, 1.82) is 0 Å².